The minimum atomic E-state index is -0.528. The van der Waals surface area contributed by atoms with E-state index in [1.807, 2.05) is 55.5 Å². The van der Waals surface area contributed by atoms with Crippen molar-refractivity contribution in [2.75, 3.05) is 18.0 Å². The summed E-state index contributed by atoms with van der Waals surface area (Å²) in [6, 6.07) is 17.4. The van der Waals surface area contributed by atoms with Crippen LogP contribution in [0.4, 0.5) is 5.69 Å². The first-order chi connectivity index (χ1) is 12.2. The molecule has 0 aliphatic carbocycles. The lowest BCUT2D eigenvalue weighted by molar-refractivity contribution is -0.127. The van der Waals surface area contributed by atoms with Crippen LogP contribution in [-0.2, 0) is 11.3 Å². The summed E-state index contributed by atoms with van der Waals surface area (Å²) in [7, 11) is 0. The number of hydrogen-bond donors (Lipinski definition) is 1. The standard InChI is InChI=1S/C20H21N3O2/c1-2-11-22-20(24)19-14-23(17-5-3-4-6-18(17)25-19)13-16-9-7-15(12-21)8-10-16/h3-10,19H,2,11,13-14H2,1H3,(H,22,24)/t19-/m0/s1. The van der Waals surface area contributed by atoms with Crippen molar-refractivity contribution in [1.82, 2.24) is 5.32 Å². The zero-order chi connectivity index (χ0) is 17.6. The third-order valence-electron chi connectivity index (χ3n) is 4.16. The van der Waals surface area contributed by atoms with Crippen LogP contribution in [0.25, 0.3) is 0 Å². The second-order valence-electron chi connectivity index (χ2n) is 6.05. The van der Waals surface area contributed by atoms with Crippen LogP contribution in [0.5, 0.6) is 5.75 Å². The van der Waals surface area contributed by atoms with E-state index in [1.54, 1.807) is 0 Å². The highest BCUT2D eigenvalue weighted by atomic mass is 16.5. The average molecular weight is 335 g/mol. The summed E-state index contributed by atoms with van der Waals surface area (Å²) in [5, 5.41) is 11.8. The number of nitrogens with zero attached hydrogens (tertiary/aromatic N) is 2. The molecule has 0 saturated heterocycles. The van der Waals surface area contributed by atoms with Gasteiger partial charge in [-0.1, -0.05) is 31.2 Å². The summed E-state index contributed by atoms with van der Waals surface area (Å²) in [6.07, 6.45) is 0.365. The molecule has 0 radical (unpaired) electrons. The first kappa shape index (κ1) is 16.8. The molecular formula is C20H21N3O2. The molecule has 1 amide bonds. The lowest BCUT2D eigenvalue weighted by Crippen LogP contribution is -2.48. The lowest BCUT2D eigenvalue weighted by atomic mass is 10.1. The molecule has 1 aliphatic heterocycles. The molecule has 3 rings (SSSR count). The van der Waals surface area contributed by atoms with Crippen LogP contribution in [0.2, 0.25) is 0 Å². The fourth-order valence-electron chi connectivity index (χ4n) is 2.86. The number of carbonyl (C=O) groups is 1. The monoisotopic (exact) mass is 335 g/mol. The molecule has 2 aromatic carbocycles. The van der Waals surface area contributed by atoms with E-state index in [9.17, 15) is 4.79 Å². The summed E-state index contributed by atoms with van der Waals surface area (Å²) in [5.41, 5.74) is 2.71. The summed E-state index contributed by atoms with van der Waals surface area (Å²) in [6.45, 7) is 3.82. The van der Waals surface area contributed by atoms with Gasteiger partial charge in [0.15, 0.2) is 6.10 Å². The Hall–Kier alpha value is -3.00. The van der Waals surface area contributed by atoms with Crippen LogP contribution in [0.3, 0.4) is 0 Å². The van der Waals surface area contributed by atoms with E-state index in [4.69, 9.17) is 10.00 Å². The van der Waals surface area contributed by atoms with E-state index in [1.165, 1.54) is 0 Å². The number of carbonyl (C=O) groups excluding carboxylic acids is 1. The van der Waals surface area contributed by atoms with E-state index >= 15 is 0 Å². The van der Waals surface area contributed by atoms with Crippen molar-refractivity contribution >= 4 is 11.6 Å². The zero-order valence-corrected chi connectivity index (χ0v) is 14.2. The van der Waals surface area contributed by atoms with E-state index in [-0.39, 0.29) is 5.91 Å². The molecule has 1 atom stereocenters. The van der Waals surface area contributed by atoms with Crippen LogP contribution < -0.4 is 15.0 Å². The highest BCUT2D eigenvalue weighted by Gasteiger charge is 2.30. The number of ether oxygens (including phenoxy) is 1. The number of nitriles is 1. The molecule has 0 saturated carbocycles. The van der Waals surface area contributed by atoms with Crippen molar-refractivity contribution in [2.45, 2.75) is 26.0 Å². The molecule has 0 aromatic heterocycles. The highest BCUT2D eigenvalue weighted by Crippen LogP contribution is 2.34. The normalized spacial score (nSPS) is 15.7. The number of hydrogen-bond acceptors (Lipinski definition) is 4. The van der Waals surface area contributed by atoms with E-state index in [0.29, 0.717) is 25.2 Å². The predicted molar refractivity (Wildman–Crippen MR) is 96.4 cm³/mol. The van der Waals surface area contributed by atoms with Crippen molar-refractivity contribution in [2.24, 2.45) is 0 Å². The molecule has 5 nitrogen and oxygen atoms in total. The number of anilines is 1. The zero-order valence-electron chi connectivity index (χ0n) is 14.2. The Morgan fingerprint density at radius 2 is 2.04 bits per heavy atom. The second kappa shape index (κ2) is 7.71. The number of para-hydroxylation sites is 2. The fourth-order valence-corrected chi connectivity index (χ4v) is 2.86. The van der Waals surface area contributed by atoms with E-state index in [2.05, 4.69) is 16.3 Å². The van der Waals surface area contributed by atoms with Gasteiger partial charge < -0.3 is 15.0 Å². The largest absolute Gasteiger partial charge is 0.477 e. The summed E-state index contributed by atoms with van der Waals surface area (Å²) in [5.74, 6) is 0.639. The van der Waals surface area contributed by atoms with Gasteiger partial charge in [0.25, 0.3) is 5.91 Å². The van der Waals surface area contributed by atoms with Gasteiger partial charge in [0.1, 0.15) is 5.75 Å². The first-order valence-electron chi connectivity index (χ1n) is 8.48. The molecule has 1 heterocycles. The molecule has 0 bridgehead atoms. The SMILES string of the molecule is CCCNC(=O)[C@@H]1CN(Cc2ccc(C#N)cc2)c2ccccc2O1. The van der Waals surface area contributed by atoms with Gasteiger partial charge in [-0.25, -0.2) is 0 Å². The van der Waals surface area contributed by atoms with Gasteiger partial charge in [-0.15, -0.1) is 0 Å². The molecule has 0 spiro atoms. The van der Waals surface area contributed by atoms with Crippen LogP contribution in [-0.4, -0.2) is 25.1 Å². The Morgan fingerprint density at radius 3 is 2.76 bits per heavy atom. The smallest absolute Gasteiger partial charge is 0.262 e. The third kappa shape index (κ3) is 3.92. The number of nitrogens with one attached hydrogen (secondary N) is 1. The Bertz CT molecular complexity index is 780. The van der Waals surface area contributed by atoms with Crippen LogP contribution in [0, 0.1) is 11.3 Å². The number of benzene rings is 2. The van der Waals surface area contributed by atoms with Gasteiger partial charge in [-0.05, 0) is 36.2 Å². The van der Waals surface area contributed by atoms with E-state index < -0.39 is 6.10 Å². The van der Waals surface area contributed by atoms with Crippen molar-refractivity contribution in [3.8, 4) is 11.8 Å². The maximum Gasteiger partial charge on any atom is 0.262 e. The molecule has 5 heteroatoms. The summed E-state index contributed by atoms with van der Waals surface area (Å²) < 4.78 is 5.90. The topological polar surface area (TPSA) is 65.4 Å². The second-order valence-corrected chi connectivity index (χ2v) is 6.05. The maximum atomic E-state index is 12.3. The molecule has 1 N–H and O–H groups in total. The molecular weight excluding hydrogens is 314 g/mol. The Balaban J connectivity index is 1.80. The maximum absolute atomic E-state index is 12.3. The fraction of sp³-hybridized carbons (Fsp3) is 0.300. The Kier molecular flexibility index (Phi) is 5.20. The average Bonchev–Trinajstić information content (AvgIpc) is 2.66. The molecule has 128 valence electrons. The lowest BCUT2D eigenvalue weighted by Gasteiger charge is -2.35. The van der Waals surface area contributed by atoms with Gasteiger partial charge in [0, 0.05) is 13.1 Å². The quantitative estimate of drug-likeness (QED) is 0.912. The van der Waals surface area contributed by atoms with Gasteiger partial charge in [0.2, 0.25) is 0 Å². The number of rotatable bonds is 5. The van der Waals surface area contributed by atoms with Crippen molar-refractivity contribution in [3.05, 3.63) is 59.7 Å². The van der Waals surface area contributed by atoms with Crippen molar-refractivity contribution in [3.63, 3.8) is 0 Å². The first-order valence-corrected chi connectivity index (χ1v) is 8.48. The predicted octanol–water partition coefficient (Wildman–Crippen LogP) is 2.85. The van der Waals surface area contributed by atoms with Gasteiger partial charge >= 0.3 is 0 Å². The van der Waals surface area contributed by atoms with Gasteiger partial charge in [-0.2, -0.15) is 5.26 Å². The third-order valence-corrected chi connectivity index (χ3v) is 4.16. The Labute approximate surface area is 147 Å². The Morgan fingerprint density at radius 1 is 1.28 bits per heavy atom. The molecule has 25 heavy (non-hydrogen) atoms. The minimum absolute atomic E-state index is 0.0822. The van der Waals surface area contributed by atoms with Crippen LogP contribution >= 0.6 is 0 Å². The minimum Gasteiger partial charge on any atom is -0.477 e. The molecule has 0 unspecified atom stereocenters. The van der Waals surface area contributed by atoms with Crippen LogP contribution in [0.15, 0.2) is 48.5 Å². The summed E-state index contributed by atoms with van der Waals surface area (Å²) >= 11 is 0. The number of amides is 1. The van der Waals surface area contributed by atoms with Crippen LogP contribution in [0.1, 0.15) is 24.5 Å². The summed E-state index contributed by atoms with van der Waals surface area (Å²) in [4.78, 5) is 14.5. The highest BCUT2D eigenvalue weighted by molar-refractivity contribution is 5.83. The van der Waals surface area contributed by atoms with Gasteiger partial charge in [0.05, 0.1) is 23.9 Å². The number of fused-ring (bicyclic) bond motifs is 1. The van der Waals surface area contributed by atoms with Crippen molar-refractivity contribution in [1.29, 1.82) is 5.26 Å². The molecule has 0 fully saturated rings. The molecule has 2 aromatic rings. The molecule has 1 aliphatic rings. The van der Waals surface area contributed by atoms with E-state index in [0.717, 1.165) is 23.4 Å². The van der Waals surface area contributed by atoms with Crippen molar-refractivity contribution < 1.29 is 9.53 Å². The van der Waals surface area contributed by atoms with Gasteiger partial charge in [-0.3, -0.25) is 4.79 Å².